The fourth-order valence-electron chi connectivity index (χ4n) is 7.13. The van der Waals surface area contributed by atoms with Gasteiger partial charge in [0.2, 0.25) is 0 Å². The van der Waals surface area contributed by atoms with Crippen LogP contribution in [0.15, 0.2) is 109 Å². The van der Waals surface area contributed by atoms with Crippen LogP contribution in [0, 0.1) is 0 Å². The predicted molar refractivity (Wildman–Crippen MR) is 227 cm³/mol. The van der Waals surface area contributed by atoms with E-state index in [1.807, 2.05) is 0 Å². The molecular weight excluding hydrogens is 755 g/mol. The van der Waals surface area contributed by atoms with Crippen LogP contribution in [0.1, 0.15) is 108 Å². The van der Waals surface area contributed by atoms with Gasteiger partial charge in [-0.1, -0.05) is 146 Å². The molecule has 0 unspecified atom stereocenters. The predicted octanol–water partition coefficient (Wildman–Crippen LogP) is 15.6. The molecular formula is C47H56Cl2SiZr. The minimum absolute atomic E-state index is 0.207. The zero-order chi connectivity index (χ0) is 37.0. The summed E-state index contributed by atoms with van der Waals surface area (Å²) in [7, 11) is 11.0. The van der Waals surface area contributed by atoms with Crippen LogP contribution >= 0.6 is 17.0 Å². The van der Waals surface area contributed by atoms with Crippen molar-refractivity contribution in [1.82, 2.24) is 0 Å². The van der Waals surface area contributed by atoms with Crippen molar-refractivity contribution in [2.75, 3.05) is 0 Å². The van der Waals surface area contributed by atoms with E-state index in [4.69, 9.17) is 17.0 Å². The molecule has 1 aliphatic rings. The summed E-state index contributed by atoms with van der Waals surface area (Å²) in [5.74, 6) is 1.36. The molecule has 0 bridgehead atoms. The first-order chi connectivity index (χ1) is 24.5. The van der Waals surface area contributed by atoms with Crippen molar-refractivity contribution in [3.63, 3.8) is 0 Å². The molecule has 4 heteroatoms. The van der Waals surface area contributed by atoms with Crippen LogP contribution in [-0.4, -0.2) is 9.52 Å². The average Bonchev–Trinajstić information content (AvgIpc) is 3.78. The monoisotopic (exact) mass is 808 g/mol. The van der Waals surface area contributed by atoms with Crippen LogP contribution < -0.4 is 0 Å². The molecule has 51 heavy (non-hydrogen) atoms. The Morgan fingerprint density at radius 3 is 1.71 bits per heavy atom. The summed E-state index contributed by atoms with van der Waals surface area (Å²) in [6.45, 7) is 17.8. The number of halogens is 2. The summed E-state index contributed by atoms with van der Waals surface area (Å²) in [6, 6.07) is 41.1. The summed E-state index contributed by atoms with van der Waals surface area (Å²) in [4.78, 5) is 0. The van der Waals surface area contributed by atoms with E-state index in [9.17, 15) is 0 Å². The molecule has 0 amide bonds. The third-order valence-corrected chi connectivity index (χ3v) is 10.0. The van der Waals surface area contributed by atoms with E-state index >= 15 is 0 Å². The summed E-state index contributed by atoms with van der Waals surface area (Å²) in [5.41, 5.74) is 11.4. The first-order valence-electron chi connectivity index (χ1n) is 18.7. The standard InChI is InChI=1S/C25H29.C20H21.C2H6Si.2ClH.Zr/c1-25(2,3)22-14-12-19(13-15-22)23-11-7-10-20-16-21(17-24(20)23)18-8-5-4-6-9-18;1-4-15-12-18-6-5-7-19(20(18)13-15)17-10-8-16(9-11-17)14(2)3;1-3-2;;;/h7,10-18H,4-6,8-9H2,1-3H3;5-14H,4H2,1-3H3;1-2H3;2*1H;/q2*-1;;;;+4/p-2. The van der Waals surface area contributed by atoms with Gasteiger partial charge in [0.1, 0.15) is 0 Å². The topological polar surface area (TPSA) is 0 Å². The first-order valence-corrected chi connectivity index (χ1v) is 27.0. The van der Waals surface area contributed by atoms with Crippen molar-refractivity contribution in [1.29, 1.82) is 0 Å². The maximum absolute atomic E-state index is 4.93. The van der Waals surface area contributed by atoms with Gasteiger partial charge in [-0.2, -0.15) is 12.1 Å². The Bertz CT molecular complexity index is 1900. The van der Waals surface area contributed by atoms with Gasteiger partial charge >= 0.3 is 37.9 Å². The SMILES string of the molecule is CC(C)(C)c1ccc(-c2cccc3[cH-]c(C4CCCCC4)cc23)cc1.CCc1cc2c(-c3ccc(C(C)C)cc3)cccc2[cH-]1.C[Si]C.[Cl][Zr+2][Cl]. The zero-order valence-electron chi connectivity index (χ0n) is 32.0. The quantitative estimate of drug-likeness (QED) is 0.120. The van der Waals surface area contributed by atoms with Gasteiger partial charge < -0.3 is 0 Å². The Morgan fingerprint density at radius 1 is 0.725 bits per heavy atom. The van der Waals surface area contributed by atoms with Crippen molar-refractivity contribution in [2.24, 2.45) is 0 Å². The van der Waals surface area contributed by atoms with E-state index in [1.165, 1.54) is 92.6 Å². The number of aryl methyl sites for hydroxylation is 1. The van der Waals surface area contributed by atoms with Crippen molar-refractivity contribution in [3.8, 4) is 22.3 Å². The molecule has 0 nitrogen and oxygen atoms in total. The zero-order valence-corrected chi connectivity index (χ0v) is 37.0. The van der Waals surface area contributed by atoms with Gasteiger partial charge in [-0.3, -0.25) is 0 Å². The summed E-state index contributed by atoms with van der Waals surface area (Å²) in [6.07, 6.45) is 8.04. The number of rotatable bonds is 5. The van der Waals surface area contributed by atoms with E-state index in [-0.39, 0.29) is 5.41 Å². The molecule has 1 saturated carbocycles. The van der Waals surface area contributed by atoms with E-state index in [2.05, 4.69) is 164 Å². The molecule has 0 atom stereocenters. The van der Waals surface area contributed by atoms with Crippen LogP contribution in [0.2, 0.25) is 13.1 Å². The van der Waals surface area contributed by atoms with Gasteiger partial charge in [-0.15, -0.1) is 69.1 Å². The molecule has 0 N–H and O–H groups in total. The van der Waals surface area contributed by atoms with E-state index in [1.54, 1.807) is 5.56 Å². The summed E-state index contributed by atoms with van der Waals surface area (Å²) in [5, 5.41) is 5.55. The van der Waals surface area contributed by atoms with Crippen LogP contribution in [0.4, 0.5) is 0 Å². The van der Waals surface area contributed by atoms with Crippen molar-refractivity contribution in [3.05, 3.63) is 131 Å². The fraction of sp³-hybridized carbons (Fsp3) is 0.362. The van der Waals surface area contributed by atoms with Gasteiger partial charge in [0.05, 0.1) is 0 Å². The maximum atomic E-state index is 4.93. The van der Waals surface area contributed by atoms with Crippen molar-refractivity contribution in [2.45, 2.75) is 110 Å². The van der Waals surface area contributed by atoms with Crippen LogP contribution in [0.3, 0.4) is 0 Å². The second-order valence-corrected chi connectivity index (χ2v) is 19.9. The Balaban J connectivity index is 0.000000202. The molecule has 7 rings (SSSR count). The number of benzene rings is 4. The van der Waals surface area contributed by atoms with E-state index in [0.29, 0.717) is 5.92 Å². The minimum atomic E-state index is -0.826. The Labute approximate surface area is 330 Å². The fourth-order valence-corrected chi connectivity index (χ4v) is 7.13. The van der Waals surface area contributed by atoms with Gasteiger partial charge in [0.15, 0.2) is 0 Å². The van der Waals surface area contributed by atoms with Gasteiger partial charge in [-0.05, 0) is 58.8 Å². The molecule has 0 heterocycles. The van der Waals surface area contributed by atoms with Crippen molar-refractivity contribution >= 4 is 48.1 Å². The normalized spacial score (nSPS) is 13.1. The molecule has 2 radical (unpaired) electrons. The van der Waals surface area contributed by atoms with Gasteiger partial charge in [0.25, 0.3) is 0 Å². The molecule has 0 aliphatic heterocycles. The van der Waals surface area contributed by atoms with Crippen LogP contribution in [0.5, 0.6) is 0 Å². The molecule has 1 fully saturated rings. The van der Waals surface area contributed by atoms with E-state index in [0.717, 1.165) is 21.9 Å². The van der Waals surface area contributed by atoms with Crippen molar-refractivity contribution < 1.29 is 20.8 Å². The van der Waals surface area contributed by atoms with Crippen LogP contribution in [-0.2, 0) is 32.7 Å². The third-order valence-electron chi connectivity index (χ3n) is 10.0. The Hall–Kier alpha value is -2.22. The number of hydrogen-bond acceptors (Lipinski definition) is 0. The average molecular weight is 811 g/mol. The number of hydrogen-bond donors (Lipinski definition) is 0. The van der Waals surface area contributed by atoms with Gasteiger partial charge in [-0.25, -0.2) is 0 Å². The molecule has 6 aromatic rings. The molecule has 1 aliphatic carbocycles. The molecule has 0 aromatic heterocycles. The number of fused-ring (bicyclic) bond motifs is 2. The molecule has 6 aromatic carbocycles. The summed E-state index contributed by atoms with van der Waals surface area (Å²) < 4.78 is 0. The first kappa shape index (κ1) is 41.5. The Kier molecular flexibility index (Phi) is 16.5. The molecule has 0 spiro atoms. The van der Waals surface area contributed by atoms with Crippen LogP contribution in [0.25, 0.3) is 43.8 Å². The van der Waals surface area contributed by atoms with E-state index < -0.39 is 20.8 Å². The van der Waals surface area contributed by atoms with Gasteiger partial charge in [0, 0.05) is 9.52 Å². The second-order valence-electron chi connectivity index (χ2n) is 15.1. The molecule has 0 saturated heterocycles. The summed E-state index contributed by atoms with van der Waals surface area (Å²) >= 11 is -0.826. The Morgan fingerprint density at radius 2 is 1.22 bits per heavy atom. The second kappa shape index (κ2) is 20.3. The third kappa shape index (κ3) is 11.4. The molecule has 266 valence electrons.